The number of anilines is 1. The molecule has 0 amide bonds. The second-order valence-electron chi connectivity index (χ2n) is 6.25. The van der Waals surface area contributed by atoms with Gasteiger partial charge in [-0.1, -0.05) is 11.6 Å². The normalized spacial score (nSPS) is 16.4. The topological polar surface area (TPSA) is 50.4 Å². The summed E-state index contributed by atoms with van der Waals surface area (Å²) in [5.74, 6) is 1.89. The fraction of sp³-hybridized carbons (Fsp3) is 0.500. The average Bonchev–Trinajstić information content (AvgIpc) is 3.06. The van der Waals surface area contributed by atoms with Crippen molar-refractivity contribution in [1.29, 1.82) is 0 Å². The molecule has 0 atom stereocenters. The van der Waals surface area contributed by atoms with Gasteiger partial charge in [-0.2, -0.15) is 5.10 Å². The molecule has 3 aliphatic rings. The average molecular weight is 348 g/mol. The highest BCUT2D eigenvalue weighted by Crippen LogP contribution is 2.47. The lowest BCUT2D eigenvalue weighted by atomic mass is 9.86. The summed E-state index contributed by atoms with van der Waals surface area (Å²) >= 11 is 6.47. The van der Waals surface area contributed by atoms with Crippen molar-refractivity contribution in [3.8, 4) is 22.8 Å². The monoisotopic (exact) mass is 347 g/mol. The maximum atomic E-state index is 6.47. The highest BCUT2D eigenvalue weighted by molar-refractivity contribution is 6.32. The lowest BCUT2D eigenvalue weighted by Gasteiger charge is -2.40. The summed E-state index contributed by atoms with van der Waals surface area (Å²) in [4.78, 5) is 2.43. The quantitative estimate of drug-likeness (QED) is 0.879. The molecule has 24 heavy (non-hydrogen) atoms. The fourth-order valence-electron chi connectivity index (χ4n) is 3.80. The van der Waals surface area contributed by atoms with Crippen LogP contribution in [0.2, 0.25) is 5.02 Å². The summed E-state index contributed by atoms with van der Waals surface area (Å²) in [5, 5.41) is 8.43. The molecule has 1 aromatic heterocycles. The molecule has 0 unspecified atom stereocenters. The van der Waals surface area contributed by atoms with Crippen LogP contribution in [0.15, 0.2) is 12.1 Å². The van der Waals surface area contributed by atoms with Gasteiger partial charge in [-0.3, -0.25) is 5.10 Å². The van der Waals surface area contributed by atoms with Gasteiger partial charge in [-0.25, -0.2) is 0 Å². The van der Waals surface area contributed by atoms with Crippen LogP contribution in [-0.2, 0) is 0 Å². The Kier molecular flexibility index (Phi) is 4.04. The summed E-state index contributed by atoms with van der Waals surface area (Å²) in [6, 6.07) is 3.91. The van der Waals surface area contributed by atoms with Crippen LogP contribution >= 0.6 is 11.6 Å². The van der Waals surface area contributed by atoms with Crippen LogP contribution in [-0.4, -0.2) is 36.5 Å². The van der Waals surface area contributed by atoms with Crippen molar-refractivity contribution >= 4 is 17.3 Å². The Morgan fingerprint density at radius 1 is 1.21 bits per heavy atom. The van der Waals surface area contributed by atoms with E-state index in [-0.39, 0.29) is 0 Å². The van der Waals surface area contributed by atoms with Gasteiger partial charge in [0.25, 0.3) is 0 Å². The van der Waals surface area contributed by atoms with Gasteiger partial charge in [0.15, 0.2) is 11.5 Å². The van der Waals surface area contributed by atoms with Crippen molar-refractivity contribution in [2.75, 3.05) is 31.2 Å². The number of ether oxygens (including phenoxy) is 2. The van der Waals surface area contributed by atoms with E-state index in [4.69, 9.17) is 21.1 Å². The molecule has 0 spiro atoms. The zero-order chi connectivity index (χ0) is 16.7. The van der Waals surface area contributed by atoms with E-state index in [1.54, 1.807) is 0 Å². The molecule has 5 rings (SSSR count). The highest BCUT2D eigenvalue weighted by Gasteiger charge is 2.35. The molecule has 1 fully saturated rings. The summed E-state index contributed by atoms with van der Waals surface area (Å²) in [6.45, 7) is 7.21. The second-order valence-corrected chi connectivity index (χ2v) is 6.65. The highest BCUT2D eigenvalue weighted by atomic mass is 35.5. The van der Waals surface area contributed by atoms with E-state index in [1.807, 2.05) is 26.0 Å². The van der Waals surface area contributed by atoms with Crippen LogP contribution in [0, 0.1) is 0 Å². The van der Waals surface area contributed by atoms with Crippen LogP contribution < -0.4 is 14.4 Å². The van der Waals surface area contributed by atoms with Crippen molar-refractivity contribution in [2.24, 2.45) is 0 Å². The van der Waals surface area contributed by atoms with Gasteiger partial charge >= 0.3 is 0 Å². The predicted molar refractivity (Wildman–Crippen MR) is 95.6 cm³/mol. The van der Waals surface area contributed by atoms with Crippen LogP contribution in [0.3, 0.4) is 0 Å². The van der Waals surface area contributed by atoms with Crippen molar-refractivity contribution in [2.45, 2.75) is 32.6 Å². The molecular weight excluding hydrogens is 326 g/mol. The fourth-order valence-corrected chi connectivity index (χ4v) is 4.06. The van der Waals surface area contributed by atoms with Crippen molar-refractivity contribution in [1.82, 2.24) is 10.2 Å². The van der Waals surface area contributed by atoms with Gasteiger partial charge in [-0.15, -0.1) is 0 Å². The van der Waals surface area contributed by atoms with Gasteiger partial charge < -0.3 is 14.4 Å². The smallest absolute Gasteiger partial charge is 0.179 e. The van der Waals surface area contributed by atoms with Crippen molar-refractivity contribution in [3.63, 3.8) is 0 Å². The number of fused-ring (bicyclic) bond motifs is 2. The van der Waals surface area contributed by atoms with Gasteiger partial charge in [0.2, 0.25) is 0 Å². The number of hydrogen-bond donors (Lipinski definition) is 1. The first-order valence-electron chi connectivity index (χ1n) is 8.65. The first-order chi connectivity index (χ1) is 11.7. The largest absolute Gasteiger partial charge is 0.490 e. The molecule has 3 aliphatic heterocycles. The molecular formula is C18H22ClN3O2. The molecule has 2 bridgehead atoms. The summed E-state index contributed by atoms with van der Waals surface area (Å²) in [5.41, 5.74) is 4.43. The minimum Gasteiger partial charge on any atom is -0.490 e. The second kappa shape index (κ2) is 6.20. The summed E-state index contributed by atoms with van der Waals surface area (Å²) in [7, 11) is 0. The minimum absolute atomic E-state index is 0.548. The third-order valence-corrected chi connectivity index (χ3v) is 5.14. The molecule has 0 saturated carbocycles. The lowest BCUT2D eigenvalue weighted by Crippen LogP contribution is -2.38. The van der Waals surface area contributed by atoms with E-state index in [9.17, 15) is 0 Å². The Bertz CT molecular complexity index is 751. The Labute approximate surface area is 146 Å². The third kappa shape index (κ3) is 2.42. The molecule has 128 valence electrons. The van der Waals surface area contributed by atoms with Gasteiger partial charge in [0.05, 0.1) is 29.6 Å². The van der Waals surface area contributed by atoms with Crippen LogP contribution in [0.25, 0.3) is 11.3 Å². The summed E-state index contributed by atoms with van der Waals surface area (Å²) < 4.78 is 11.4. The number of piperidine rings is 1. The maximum Gasteiger partial charge on any atom is 0.179 e. The van der Waals surface area contributed by atoms with Crippen LogP contribution in [0.5, 0.6) is 11.5 Å². The van der Waals surface area contributed by atoms with E-state index in [0.29, 0.717) is 35.7 Å². The number of halogens is 1. The Balaban J connectivity index is 1.81. The van der Waals surface area contributed by atoms with E-state index in [1.165, 1.54) is 24.2 Å². The maximum absolute atomic E-state index is 6.47. The number of rotatable bonds is 5. The molecule has 0 radical (unpaired) electrons. The summed E-state index contributed by atoms with van der Waals surface area (Å²) in [6.07, 6.45) is 2.42. The standard InChI is InChI=1S/C18H22ClN3O2/c1-3-23-14-10-12(9-13(19)18(14)24-4-2)16-17-15(20-21-16)11-5-7-22(17)8-6-11/h9-11H,3-8H2,1-2H3,(H,20,21). The number of hydrogen-bond acceptors (Lipinski definition) is 4. The minimum atomic E-state index is 0.548. The van der Waals surface area contributed by atoms with Gasteiger partial charge in [-0.05, 0) is 38.8 Å². The Hall–Kier alpha value is -1.88. The van der Waals surface area contributed by atoms with Crippen molar-refractivity contribution < 1.29 is 9.47 Å². The first-order valence-corrected chi connectivity index (χ1v) is 9.03. The van der Waals surface area contributed by atoms with E-state index < -0.39 is 0 Å². The third-order valence-electron chi connectivity index (χ3n) is 4.86. The molecule has 1 saturated heterocycles. The number of nitrogens with zero attached hydrogens (tertiary/aromatic N) is 2. The van der Waals surface area contributed by atoms with Crippen molar-refractivity contribution in [3.05, 3.63) is 22.8 Å². The number of aromatic amines is 1. The van der Waals surface area contributed by atoms with Crippen LogP contribution in [0.1, 0.15) is 38.3 Å². The SMILES string of the molecule is CCOc1cc(-c2n[nH]c3c2N2CCC3CC2)cc(Cl)c1OCC. The number of aromatic nitrogens is 2. The van der Waals surface area contributed by atoms with E-state index in [0.717, 1.165) is 24.3 Å². The molecule has 4 heterocycles. The van der Waals surface area contributed by atoms with Crippen LogP contribution in [0.4, 0.5) is 5.69 Å². The van der Waals surface area contributed by atoms with E-state index in [2.05, 4.69) is 15.1 Å². The van der Waals surface area contributed by atoms with E-state index >= 15 is 0 Å². The number of H-pyrrole nitrogens is 1. The zero-order valence-corrected chi connectivity index (χ0v) is 14.8. The molecule has 1 aromatic carbocycles. The zero-order valence-electron chi connectivity index (χ0n) is 14.1. The number of benzene rings is 1. The van der Waals surface area contributed by atoms with Gasteiger partial charge in [0, 0.05) is 24.6 Å². The predicted octanol–water partition coefficient (Wildman–Crippen LogP) is 4.22. The molecule has 1 N–H and O–H groups in total. The first kappa shape index (κ1) is 15.6. The Morgan fingerprint density at radius 2 is 1.96 bits per heavy atom. The molecule has 0 aliphatic carbocycles. The lowest BCUT2D eigenvalue weighted by molar-refractivity contribution is 0.288. The molecule has 2 aromatic rings. The molecule has 6 heteroatoms. The molecule has 5 nitrogen and oxygen atoms in total. The number of nitrogens with one attached hydrogen (secondary N) is 1. The Morgan fingerprint density at radius 3 is 2.67 bits per heavy atom. The van der Waals surface area contributed by atoms with Gasteiger partial charge in [0.1, 0.15) is 5.69 Å².